The third-order valence-electron chi connectivity index (χ3n) is 2.61. The second-order valence-electron chi connectivity index (χ2n) is 4.22. The van der Waals surface area contributed by atoms with Crippen molar-refractivity contribution in [3.63, 3.8) is 0 Å². The Balaban J connectivity index is 2.27. The summed E-state index contributed by atoms with van der Waals surface area (Å²) in [5.74, 6) is 0.188. The standard InChI is InChI=1S/C14H13ClN2O3/c1-8-7-12(18)13(14(19)20-8)9(2)16-17-11-5-3-10(15)4-6-11/h3-7,17-18H,1-2H3/b16-9-. The first kappa shape index (κ1) is 14.1. The molecular formula is C14H13ClN2O3. The number of hydrogen-bond donors (Lipinski definition) is 2. The van der Waals surface area contributed by atoms with Crippen molar-refractivity contribution in [3.8, 4) is 5.75 Å². The molecule has 0 saturated carbocycles. The van der Waals surface area contributed by atoms with Crippen LogP contribution in [0.15, 0.2) is 44.6 Å². The molecule has 0 saturated heterocycles. The summed E-state index contributed by atoms with van der Waals surface area (Å²) in [4.78, 5) is 11.7. The van der Waals surface area contributed by atoms with Crippen molar-refractivity contribution in [1.82, 2.24) is 0 Å². The summed E-state index contributed by atoms with van der Waals surface area (Å²) in [6.45, 7) is 3.19. The normalized spacial score (nSPS) is 11.4. The van der Waals surface area contributed by atoms with E-state index in [0.717, 1.165) is 0 Å². The highest BCUT2D eigenvalue weighted by atomic mass is 35.5. The van der Waals surface area contributed by atoms with Gasteiger partial charge in [0, 0.05) is 11.1 Å². The number of aromatic hydroxyl groups is 1. The summed E-state index contributed by atoms with van der Waals surface area (Å²) in [7, 11) is 0. The van der Waals surface area contributed by atoms with Crippen molar-refractivity contribution >= 4 is 23.0 Å². The minimum Gasteiger partial charge on any atom is -0.507 e. The van der Waals surface area contributed by atoms with Crippen LogP contribution in [0.3, 0.4) is 0 Å². The maximum atomic E-state index is 11.7. The molecule has 0 aliphatic carbocycles. The molecule has 0 spiro atoms. The van der Waals surface area contributed by atoms with E-state index in [1.807, 2.05) is 0 Å². The first-order chi connectivity index (χ1) is 9.47. The van der Waals surface area contributed by atoms with E-state index in [0.29, 0.717) is 22.2 Å². The van der Waals surface area contributed by atoms with Gasteiger partial charge in [0.05, 0.1) is 11.4 Å². The molecule has 0 aliphatic heterocycles. The molecule has 2 aromatic rings. The number of anilines is 1. The summed E-state index contributed by atoms with van der Waals surface area (Å²) < 4.78 is 4.94. The molecular weight excluding hydrogens is 280 g/mol. The smallest absolute Gasteiger partial charge is 0.348 e. The topological polar surface area (TPSA) is 74.8 Å². The summed E-state index contributed by atoms with van der Waals surface area (Å²) >= 11 is 5.78. The third kappa shape index (κ3) is 3.19. The van der Waals surface area contributed by atoms with E-state index in [9.17, 15) is 9.90 Å². The lowest BCUT2D eigenvalue weighted by Gasteiger charge is -2.05. The Morgan fingerprint density at radius 3 is 2.60 bits per heavy atom. The lowest BCUT2D eigenvalue weighted by atomic mass is 10.2. The van der Waals surface area contributed by atoms with Gasteiger partial charge >= 0.3 is 5.63 Å². The molecule has 0 fully saturated rings. The Morgan fingerprint density at radius 2 is 2.00 bits per heavy atom. The Labute approximate surface area is 120 Å². The van der Waals surface area contributed by atoms with Crippen LogP contribution in [0.25, 0.3) is 0 Å². The molecule has 104 valence electrons. The molecule has 1 heterocycles. The number of aryl methyl sites for hydroxylation is 1. The molecule has 0 bridgehead atoms. The van der Waals surface area contributed by atoms with Crippen LogP contribution in [-0.4, -0.2) is 10.8 Å². The fourth-order valence-corrected chi connectivity index (χ4v) is 1.78. The first-order valence-corrected chi connectivity index (χ1v) is 6.25. The van der Waals surface area contributed by atoms with Crippen LogP contribution in [0, 0.1) is 6.92 Å². The number of benzene rings is 1. The highest BCUT2D eigenvalue weighted by Gasteiger charge is 2.12. The fourth-order valence-electron chi connectivity index (χ4n) is 1.66. The first-order valence-electron chi connectivity index (χ1n) is 5.87. The second-order valence-corrected chi connectivity index (χ2v) is 4.66. The predicted molar refractivity (Wildman–Crippen MR) is 78.7 cm³/mol. The minimum atomic E-state index is -0.623. The lowest BCUT2D eigenvalue weighted by Crippen LogP contribution is -2.14. The average molecular weight is 293 g/mol. The van der Waals surface area contributed by atoms with Crippen LogP contribution in [0.2, 0.25) is 5.02 Å². The largest absolute Gasteiger partial charge is 0.507 e. The zero-order valence-corrected chi connectivity index (χ0v) is 11.7. The van der Waals surface area contributed by atoms with E-state index in [1.54, 1.807) is 38.1 Å². The summed E-state index contributed by atoms with van der Waals surface area (Å²) in [6, 6.07) is 8.30. The molecule has 0 amide bonds. The molecule has 0 unspecified atom stereocenters. The zero-order chi connectivity index (χ0) is 14.7. The highest BCUT2D eigenvalue weighted by molar-refractivity contribution is 6.30. The van der Waals surface area contributed by atoms with Crippen LogP contribution < -0.4 is 11.1 Å². The Hall–Kier alpha value is -2.27. The van der Waals surface area contributed by atoms with Gasteiger partial charge in [0.1, 0.15) is 17.1 Å². The Kier molecular flexibility index (Phi) is 4.10. The van der Waals surface area contributed by atoms with Gasteiger partial charge in [-0.2, -0.15) is 5.10 Å². The Morgan fingerprint density at radius 1 is 1.35 bits per heavy atom. The van der Waals surface area contributed by atoms with Crippen molar-refractivity contribution < 1.29 is 9.52 Å². The maximum absolute atomic E-state index is 11.7. The van der Waals surface area contributed by atoms with Gasteiger partial charge in [-0.25, -0.2) is 4.79 Å². The monoisotopic (exact) mass is 292 g/mol. The van der Waals surface area contributed by atoms with Crippen molar-refractivity contribution in [3.05, 3.63) is 57.1 Å². The minimum absolute atomic E-state index is 0.0389. The van der Waals surface area contributed by atoms with E-state index >= 15 is 0 Å². The summed E-state index contributed by atoms with van der Waals surface area (Å²) in [5, 5.41) is 14.5. The molecule has 5 nitrogen and oxygen atoms in total. The third-order valence-corrected chi connectivity index (χ3v) is 2.86. The van der Waals surface area contributed by atoms with Crippen molar-refractivity contribution in [1.29, 1.82) is 0 Å². The number of hydrazone groups is 1. The van der Waals surface area contributed by atoms with E-state index in [1.165, 1.54) is 6.07 Å². The van der Waals surface area contributed by atoms with Crippen molar-refractivity contribution in [2.75, 3.05) is 5.43 Å². The van der Waals surface area contributed by atoms with Crippen LogP contribution in [0.4, 0.5) is 5.69 Å². The second kappa shape index (κ2) is 5.79. The number of halogens is 1. The number of hydrogen-bond acceptors (Lipinski definition) is 5. The van der Waals surface area contributed by atoms with Gasteiger partial charge in [-0.15, -0.1) is 0 Å². The molecule has 2 rings (SSSR count). The lowest BCUT2D eigenvalue weighted by molar-refractivity contribution is 0.432. The molecule has 0 atom stereocenters. The highest BCUT2D eigenvalue weighted by Crippen LogP contribution is 2.16. The summed E-state index contributed by atoms with van der Waals surface area (Å²) in [6.07, 6.45) is 0. The fraction of sp³-hybridized carbons (Fsp3) is 0.143. The molecule has 1 aromatic heterocycles. The quantitative estimate of drug-likeness (QED) is 0.673. The van der Waals surface area contributed by atoms with Crippen LogP contribution in [0.5, 0.6) is 5.75 Å². The van der Waals surface area contributed by atoms with Crippen LogP contribution in [0.1, 0.15) is 18.2 Å². The predicted octanol–water partition coefficient (Wildman–Crippen LogP) is 3.14. The Bertz CT molecular complexity index is 705. The molecule has 1 aromatic carbocycles. The van der Waals surface area contributed by atoms with Crippen LogP contribution in [-0.2, 0) is 0 Å². The van der Waals surface area contributed by atoms with Gasteiger partial charge in [0.2, 0.25) is 0 Å². The van der Waals surface area contributed by atoms with E-state index < -0.39 is 5.63 Å². The summed E-state index contributed by atoms with van der Waals surface area (Å²) in [5.41, 5.74) is 3.23. The zero-order valence-electron chi connectivity index (χ0n) is 11.0. The van der Waals surface area contributed by atoms with E-state index in [4.69, 9.17) is 16.0 Å². The van der Waals surface area contributed by atoms with Crippen molar-refractivity contribution in [2.24, 2.45) is 5.10 Å². The average Bonchev–Trinajstić information content (AvgIpc) is 2.37. The van der Waals surface area contributed by atoms with Gasteiger partial charge < -0.3 is 9.52 Å². The van der Waals surface area contributed by atoms with Gasteiger partial charge in [-0.3, -0.25) is 5.43 Å². The van der Waals surface area contributed by atoms with Gasteiger partial charge in [-0.05, 0) is 38.1 Å². The van der Waals surface area contributed by atoms with Gasteiger partial charge in [0.25, 0.3) is 0 Å². The number of nitrogens with zero attached hydrogens (tertiary/aromatic N) is 1. The molecule has 20 heavy (non-hydrogen) atoms. The SMILES string of the molecule is C/C(=N/Nc1ccc(Cl)cc1)c1c(O)cc(C)oc1=O. The van der Waals surface area contributed by atoms with Crippen LogP contribution >= 0.6 is 11.6 Å². The number of nitrogens with one attached hydrogen (secondary N) is 1. The molecule has 0 aliphatic rings. The molecule has 0 radical (unpaired) electrons. The van der Waals surface area contributed by atoms with Crippen molar-refractivity contribution in [2.45, 2.75) is 13.8 Å². The number of rotatable bonds is 3. The maximum Gasteiger partial charge on any atom is 0.348 e. The van der Waals surface area contributed by atoms with Gasteiger partial charge in [-0.1, -0.05) is 11.6 Å². The van der Waals surface area contributed by atoms with E-state index in [2.05, 4.69) is 10.5 Å². The molecule has 2 N–H and O–H groups in total. The van der Waals surface area contributed by atoms with Gasteiger partial charge in [0.15, 0.2) is 0 Å². The van der Waals surface area contributed by atoms with E-state index in [-0.39, 0.29) is 11.3 Å². The molecule has 6 heteroatoms.